The monoisotopic (exact) mass is 284 g/mol. The van der Waals surface area contributed by atoms with Gasteiger partial charge in [0, 0.05) is 5.56 Å². The van der Waals surface area contributed by atoms with Gasteiger partial charge in [0.1, 0.15) is 12.4 Å². The van der Waals surface area contributed by atoms with Crippen LogP contribution in [0.5, 0.6) is 11.5 Å². The van der Waals surface area contributed by atoms with Gasteiger partial charge in [0.15, 0.2) is 11.5 Å². The number of hydrogen-bond acceptors (Lipinski definition) is 3. The topological polar surface area (TPSA) is 68.3 Å². The van der Waals surface area contributed by atoms with Gasteiger partial charge in [-0.25, -0.2) is 0 Å². The molecule has 0 aliphatic carbocycles. The van der Waals surface area contributed by atoms with Crippen molar-refractivity contribution in [2.24, 2.45) is 5.73 Å². The lowest BCUT2D eigenvalue weighted by Crippen LogP contribution is -2.11. The maximum Gasteiger partial charge on any atom is 0.161 e. The third-order valence-electron chi connectivity index (χ3n) is 3.30. The molecule has 0 unspecified atom stereocenters. The number of ether oxygens (including phenoxy) is 2. The molecule has 3 N–H and O–H groups in total. The summed E-state index contributed by atoms with van der Waals surface area (Å²) >= 11 is 0. The fraction of sp³-hybridized carbons (Fsp3) is 0.235. The van der Waals surface area contributed by atoms with Crippen molar-refractivity contribution < 1.29 is 9.47 Å². The number of hydrogen-bond donors (Lipinski definition) is 2. The van der Waals surface area contributed by atoms with Crippen LogP contribution < -0.4 is 15.2 Å². The number of aryl methyl sites for hydroxylation is 1. The molecule has 4 heteroatoms. The largest absolute Gasteiger partial charge is 0.493 e. The Morgan fingerprint density at radius 3 is 2.29 bits per heavy atom. The third kappa shape index (κ3) is 3.75. The highest BCUT2D eigenvalue weighted by Gasteiger charge is 2.07. The second-order valence-electron chi connectivity index (χ2n) is 4.74. The van der Waals surface area contributed by atoms with Crippen LogP contribution >= 0.6 is 0 Å². The molecule has 0 aromatic heterocycles. The highest BCUT2D eigenvalue weighted by Crippen LogP contribution is 2.28. The van der Waals surface area contributed by atoms with Gasteiger partial charge in [-0.3, -0.25) is 5.41 Å². The van der Waals surface area contributed by atoms with E-state index in [-0.39, 0.29) is 5.84 Å². The summed E-state index contributed by atoms with van der Waals surface area (Å²) in [5.74, 6) is 1.23. The van der Waals surface area contributed by atoms with Crippen molar-refractivity contribution in [2.75, 3.05) is 7.11 Å². The van der Waals surface area contributed by atoms with E-state index in [9.17, 15) is 0 Å². The zero-order chi connectivity index (χ0) is 15.2. The van der Waals surface area contributed by atoms with E-state index in [0.29, 0.717) is 23.7 Å². The van der Waals surface area contributed by atoms with Crippen LogP contribution in [0.4, 0.5) is 0 Å². The van der Waals surface area contributed by atoms with Gasteiger partial charge in [0.25, 0.3) is 0 Å². The molecule has 0 saturated heterocycles. The van der Waals surface area contributed by atoms with E-state index < -0.39 is 0 Å². The van der Waals surface area contributed by atoms with Crippen molar-refractivity contribution in [1.29, 1.82) is 5.41 Å². The Morgan fingerprint density at radius 2 is 1.71 bits per heavy atom. The van der Waals surface area contributed by atoms with Crippen molar-refractivity contribution in [3.8, 4) is 11.5 Å². The normalized spacial score (nSPS) is 10.2. The number of benzene rings is 2. The first kappa shape index (κ1) is 14.9. The predicted molar refractivity (Wildman–Crippen MR) is 84.2 cm³/mol. The Kier molecular flexibility index (Phi) is 4.82. The summed E-state index contributed by atoms with van der Waals surface area (Å²) in [7, 11) is 1.57. The Bertz CT molecular complexity index is 621. The summed E-state index contributed by atoms with van der Waals surface area (Å²) in [6, 6.07) is 13.6. The van der Waals surface area contributed by atoms with Crippen LogP contribution in [0.1, 0.15) is 23.6 Å². The Morgan fingerprint density at radius 1 is 1.05 bits per heavy atom. The second-order valence-corrected chi connectivity index (χ2v) is 4.74. The summed E-state index contributed by atoms with van der Waals surface area (Å²) in [6.07, 6.45) is 1.03. The number of amidine groups is 1. The number of nitrogens with one attached hydrogen (secondary N) is 1. The Hall–Kier alpha value is -2.49. The van der Waals surface area contributed by atoms with Crippen molar-refractivity contribution >= 4 is 5.84 Å². The summed E-state index contributed by atoms with van der Waals surface area (Å²) < 4.78 is 11.1. The summed E-state index contributed by atoms with van der Waals surface area (Å²) in [5.41, 5.74) is 8.49. The molecule has 0 atom stereocenters. The fourth-order valence-corrected chi connectivity index (χ4v) is 1.99. The number of methoxy groups -OCH3 is 1. The predicted octanol–water partition coefficient (Wildman–Crippen LogP) is 3.12. The van der Waals surface area contributed by atoms with E-state index in [1.54, 1.807) is 25.3 Å². The third-order valence-corrected chi connectivity index (χ3v) is 3.30. The van der Waals surface area contributed by atoms with Crippen LogP contribution in [-0.2, 0) is 13.0 Å². The minimum absolute atomic E-state index is 0.00926. The van der Waals surface area contributed by atoms with Crippen molar-refractivity contribution in [1.82, 2.24) is 0 Å². The van der Waals surface area contributed by atoms with E-state index in [1.165, 1.54) is 5.56 Å². The average Bonchev–Trinajstić information content (AvgIpc) is 2.53. The first-order valence-corrected chi connectivity index (χ1v) is 6.87. The van der Waals surface area contributed by atoms with E-state index >= 15 is 0 Å². The minimum Gasteiger partial charge on any atom is -0.493 e. The number of nitrogen functional groups attached to an aromatic ring is 1. The first-order chi connectivity index (χ1) is 10.1. The number of rotatable bonds is 6. The van der Waals surface area contributed by atoms with Gasteiger partial charge in [-0.15, -0.1) is 0 Å². The molecule has 0 aliphatic rings. The zero-order valence-corrected chi connectivity index (χ0v) is 12.3. The summed E-state index contributed by atoms with van der Waals surface area (Å²) in [5, 5.41) is 7.43. The molecule has 0 radical (unpaired) electrons. The quantitative estimate of drug-likeness (QED) is 0.632. The van der Waals surface area contributed by atoms with Crippen molar-refractivity contribution in [2.45, 2.75) is 20.0 Å². The van der Waals surface area contributed by atoms with Crippen LogP contribution in [0, 0.1) is 5.41 Å². The van der Waals surface area contributed by atoms with Gasteiger partial charge in [-0.1, -0.05) is 31.2 Å². The molecule has 0 spiro atoms. The molecule has 2 aromatic rings. The van der Waals surface area contributed by atoms with Gasteiger partial charge in [0.05, 0.1) is 7.11 Å². The van der Waals surface area contributed by atoms with Crippen LogP contribution in [-0.4, -0.2) is 12.9 Å². The molecule has 4 nitrogen and oxygen atoms in total. The highest BCUT2D eigenvalue weighted by atomic mass is 16.5. The van der Waals surface area contributed by atoms with Crippen molar-refractivity contribution in [3.63, 3.8) is 0 Å². The van der Waals surface area contributed by atoms with Gasteiger partial charge >= 0.3 is 0 Å². The molecule has 110 valence electrons. The second kappa shape index (κ2) is 6.79. The highest BCUT2D eigenvalue weighted by molar-refractivity contribution is 5.95. The maximum atomic E-state index is 7.43. The summed E-state index contributed by atoms with van der Waals surface area (Å²) in [6.45, 7) is 2.60. The molecule has 0 aliphatic heterocycles. The number of nitrogens with two attached hydrogens (primary N) is 1. The molecule has 0 fully saturated rings. The van der Waals surface area contributed by atoms with Gasteiger partial charge < -0.3 is 15.2 Å². The van der Waals surface area contributed by atoms with E-state index in [2.05, 4.69) is 31.2 Å². The Balaban J connectivity index is 2.09. The molecule has 2 rings (SSSR count). The molecular formula is C17H20N2O2. The molecule has 0 saturated carbocycles. The molecule has 0 amide bonds. The molecule has 2 aromatic carbocycles. The zero-order valence-electron chi connectivity index (χ0n) is 12.3. The molecule has 0 heterocycles. The van der Waals surface area contributed by atoms with E-state index in [4.69, 9.17) is 20.6 Å². The van der Waals surface area contributed by atoms with Crippen LogP contribution in [0.2, 0.25) is 0 Å². The standard InChI is InChI=1S/C17H20N2O2/c1-3-12-4-6-13(7-5-12)11-21-15-9-8-14(17(18)19)10-16(15)20-2/h4-10H,3,11H2,1-2H3,(H3,18,19). The smallest absolute Gasteiger partial charge is 0.161 e. The lowest BCUT2D eigenvalue weighted by atomic mass is 10.1. The Labute approximate surface area is 125 Å². The van der Waals surface area contributed by atoms with Crippen LogP contribution in [0.25, 0.3) is 0 Å². The lowest BCUT2D eigenvalue weighted by molar-refractivity contribution is 0.284. The van der Waals surface area contributed by atoms with Crippen LogP contribution in [0.15, 0.2) is 42.5 Å². The molecule has 0 bridgehead atoms. The lowest BCUT2D eigenvalue weighted by Gasteiger charge is -2.12. The average molecular weight is 284 g/mol. The van der Waals surface area contributed by atoms with E-state index in [0.717, 1.165) is 12.0 Å². The SMILES string of the molecule is CCc1ccc(COc2ccc(C(=N)N)cc2OC)cc1. The molecule has 21 heavy (non-hydrogen) atoms. The van der Waals surface area contributed by atoms with Crippen molar-refractivity contribution in [3.05, 3.63) is 59.2 Å². The maximum absolute atomic E-state index is 7.43. The first-order valence-electron chi connectivity index (χ1n) is 6.87. The van der Waals surface area contributed by atoms with Gasteiger partial charge in [0.2, 0.25) is 0 Å². The minimum atomic E-state index is 0.00926. The summed E-state index contributed by atoms with van der Waals surface area (Å²) in [4.78, 5) is 0. The van der Waals surface area contributed by atoms with Gasteiger partial charge in [-0.2, -0.15) is 0 Å². The van der Waals surface area contributed by atoms with Gasteiger partial charge in [-0.05, 0) is 35.7 Å². The van der Waals surface area contributed by atoms with Crippen LogP contribution in [0.3, 0.4) is 0 Å². The molecular weight excluding hydrogens is 264 g/mol. The fourth-order valence-electron chi connectivity index (χ4n) is 1.99. The van der Waals surface area contributed by atoms with E-state index in [1.807, 2.05) is 0 Å².